The van der Waals surface area contributed by atoms with Crippen molar-refractivity contribution in [1.82, 2.24) is 9.80 Å². The van der Waals surface area contributed by atoms with Crippen molar-refractivity contribution in [3.05, 3.63) is 58.8 Å². The Morgan fingerprint density at radius 1 is 1.04 bits per heavy atom. The van der Waals surface area contributed by atoms with Crippen LogP contribution in [0.5, 0.6) is 0 Å². The highest BCUT2D eigenvalue weighted by molar-refractivity contribution is 5.79. The van der Waals surface area contributed by atoms with Gasteiger partial charge in [0.25, 0.3) is 0 Å². The SMILES string of the molecule is O=C(Cc1ccc2c(c1)CCN(C1=CC=C1)CC2)N1CCOCC1. The minimum Gasteiger partial charge on any atom is -0.378 e. The van der Waals surface area contributed by atoms with E-state index in [1.807, 2.05) is 4.90 Å². The molecular weight excluding hydrogens is 300 g/mol. The van der Waals surface area contributed by atoms with E-state index in [1.54, 1.807) is 0 Å². The number of fused-ring (bicyclic) bond motifs is 1. The number of hydrogen-bond acceptors (Lipinski definition) is 3. The Bertz CT molecular complexity index is 687. The van der Waals surface area contributed by atoms with Crippen LogP contribution in [0.4, 0.5) is 0 Å². The third kappa shape index (κ3) is 3.24. The average Bonchev–Trinajstić information content (AvgIpc) is 2.77. The zero-order valence-corrected chi connectivity index (χ0v) is 14.0. The molecule has 126 valence electrons. The number of rotatable bonds is 3. The fourth-order valence-electron chi connectivity index (χ4n) is 3.64. The number of carbonyl (C=O) groups is 1. The van der Waals surface area contributed by atoms with Crippen LogP contribution in [0.2, 0.25) is 0 Å². The molecule has 3 aliphatic rings. The monoisotopic (exact) mass is 324 g/mol. The van der Waals surface area contributed by atoms with Crippen molar-refractivity contribution >= 4 is 5.91 Å². The first-order chi connectivity index (χ1) is 11.8. The number of hydrogen-bond donors (Lipinski definition) is 0. The third-order valence-corrected chi connectivity index (χ3v) is 5.19. The number of allylic oxidation sites excluding steroid dienone is 3. The molecule has 0 radical (unpaired) electrons. The number of nitrogens with zero attached hydrogens (tertiary/aromatic N) is 2. The lowest BCUT2D eigenvalue weighted by Crippen LogP contribution is -2.41. The van der Waals surface area contributed by atoms with Crippen molar-refractivity contribution in [2.24, 2.45) is 0 Å². The molecule has 4 heteroatoms. The van der Waals surface area contributed by atoms with Gasteiger partial charge in [0, 0.05) is 31.9 Å². The summed E-state index contributed by atoms with van der Waals surface area (Å²) in [5.74, 6) is 0.221. The van der Waals surface area contributed by atoms with Crippen molar-refractivity contribution in [1.29, 1.82) is 0 Å². The van der Waals surface area contributed by atoms with Gasteiger partial charge in [-0.3, -0.25) is 4.79 Å². The standard InChI is InChI=1S/C20H24N2O2/c23-20(22-10-12-24-13-11-22)15-16-4-5-17-6-8-21(19-2-1-3-19)9-7-18(17)14-16/h1-5,14H,6-13,15H2. The van der Waals surface area contributed by atoms with Gasteiger partial charge < -0.3 is 14.5 Å². The molecule has 0 atom stereocenters. The van der Waals surface area contributed by atoms with Gasteiger partial charge in [0.2, 0.25) is 5.91 Å². The summed E-state index contributed by atoms with van der Waals surface area (Å²) in [6.07, 6.45) is 9.11. The van der Waals surface area contributed by atoms with Crippen LogP contribution in [-0.4, -0.2) is 55.1 Å². The highest BCUT2D eigenvalue weighted by Crippen LogP contribution is 2.22. The van der Waals surface area contributed by atoms with Crippen molar-refractivity contribution in [2.45, 2.75) is 19.3 Å². The summed E-state index contributed by atoms with van der Waals surface area (Å²) < 4.78 is 5.32. The molecule has 1 fully saturated rings. The minimum atomic E-state index is 0.221. The van der Waals surface area contributed by atoms with Crippen molar-refractivity contribution in [3.8, 4) is 0 Å². The summed E-state index contributed by atoms with van der Waals surface area (Å²) in [6.45, 7) is 4.91. The van der Waals surface area contributed by atoms with E-state index in [0.29, 0.717) is 19.6 Å². The van der Waals surface area contributed by atoms with E-state index in [1.165, 1.54) is 16.8 Å². The number of benzene rings is 1. The molecule has 4 nitrogen and oxygen atoms in total. The van der Waals surface area contributed by atoms with Gasteiger partial charge in [0.1, 0.15) is 0 Å². The van der Waals surface area contributed by atoms with Crippen molar-refractivity contribution in [3.63, 3.8) is 0 Å². The van der Waals surface area contributed by atoms with Crippen LogP contribution in [0.3, 0.4) is 0 Å². The molecule has 1 saturated heterocycles. The van der Waals surface area contributed by atoms with E-state index in [-0.39, 0.29) is 5.91 Å². The summed E-state index contributed by atoms with van der Waals surface area (Å²) in [7, 11) is 0. The first-order valence-electron chi connectivity index (χ1n) is 8.89. The maximum atomic E-state index is 12.4. The summed E-state index contributed by atoms with van der Waals surface area (Å²) in [4.78, 5) is 16.8. The smallest absolute Gasteiger partial charge is 0.227 e. The quantitative estimate of drug-likeness (QED) is 0.852. The molecule has 2 aliphatic heterocycles. The van der Waals surface area contributed by atoms with Crippen LogP contribution in [0.1, 0.15) is 16.7 Å². The molecule has 4 rings (SSSR count). The highest BCUT2D eigenvalue weighted by Gasteiger charge is 2.19. The molecule has 1 amide bonds. The maximum Gasteiger partial charge on any atom is 0.227 e. The Hall–Kier alpha value is -2.07. The van der Waals surface area contributed by atoms with Gasteiger partial charge in [-0.05, 0) is 41.7 Å². The highest BCUT2D eigenvalue weighted by atomic mass is 16.5. The molecule has 0 unspecified atom stereocenters. The van der Waals surface area contributed by atoms with E-state index in [2.05, 4.69) is 41.3 Å². The largest absolute Gasteiger partial charge is 0.378 e. The first-order valence-corrected chi connectivity index (χ1v) is 8.89. The lowest BCUT2D eigenvalue weighted by Gasteiger charge is -2.27. The van der Waals surface area contributed by atoms with Gasteiger partial charge in [-0.25, -0.2) is 0 Å². The molecule has 0 saturated carbocycles. The fraction of sp³-hybridized carbons (Fsp3) is 0.450. The minimum absolute atomic E-state index is 0.221. The number of ether oxygens (including phenoxy) is 1. The Labute approximate surface area is 143 Å². The molecule has 0 bridgehead atoms. The van der Waals surface area contributed by atoms with E-state index < -0.39 is 0 Å². The molecule has 0 N–H and O–H groups in total. The second-order valence-corrected chi connectivity index (χ2v) is 6.71. The normalized spacial score (nSPS) is 20.1. The van der Waals surface area contributed by atoms with Crippen LogP contribution in [0.25, 0.3) is 0 Å². The van der Waals surface area contributed by atoms with Crippen LogP contribution < -0.4 is 0 Å². The van der Waals surface area contributed by atoms with E-state index in [9.17, 15) is 4.79 Å². The topological polar surface area (TPSA) is 32.8 Å². The molecule has 0 aromatic heterocycles. The lowest BCUT2D eigenvalue weighted by molar-refractivity contribution is -0.134. The molecule has 1 aromatic rings. The fourth-order valence-corrected chi connectivity index (χ4v) is 3.64. The summed E-state index contributed by atoms with van der Waals surface area (Å²) in [5.41, 5.74) is 5.34. The Morgan fingerprint density at radius 2 is 1.79 bits per heavy atom. The van der Waals surface area contributed by atoms with Crippen LogP contribution in [-0.2, 0) is 28.8 Å². The van der Waals surface area contributed by atoms with Gasteiger partial charge in [0.15, 0.2) is 0 Å². The molecule has 1 aromatic carbocycles. The van der Waals surface area contributed by atoms with E-state index in [4.69, 9.17) is 4.74 Å². The lowest BCUT2D eigenvalue weighted by atomic mass is 9.98. The average molecular weight is 324 g/mol. The van der Waals surface area contributed by atoms with Crippen LogP contribution in [0, 0.1) is 0 Å². The van der Waals surface area contributed by atoms with Gasteiger partial charge in [-0.1, -0.05) is 24.3 Å². The predicted octanol–water partition coefficient (Wildman–Crippen LogP) is 1.94. The Kier molecular flexibility index (Phi) is 4.39. The maximum absolute atomic E-state index is 12.4. The molecule has 1 aliphatic carbocycles. The second-order valence-electron chi connectivity index (χ2n) is 6.71. The Morgan fingerprint density at radius 3 is 2.50 bits per heavy atom. The van der Waals surface area contributed by atoms with Crippen LogP contribution in [0.15, 0.2) is 42.1 Å². The van der Waals surface area contributed by atoms with E-state index >= 15 is 0 Å². The number of carbonyl (C=O) groups excluding carboxylic acids is 1. The van der Waals surface area contributed by atoms with Gasteiger partial charge in [-0.15, -0.1) is 0 Å². The summed E-state index contributed by atoms with van der Waals surface area (Å²) >= 11 is 0. The zero-order chi connectivity index (χ0) is 16.4. The molecule has 24 heavy (non-hydrogen) atoms. The van der Waals surface area contributed by atoms with Crippen molar-refractivity contribution in [2.75, 3.05) is 39.4 Å². The first kappa shape index (κ1) is 15.5. The van der Waals surface area contributed by atoms with E-state index in [0.717, 1.165) is 44.6 Å². The summed E-state index contributed by atoms with van der Waals surface area (Å²) in [6, 6.07) is 6.61. The molecule has 2 heterocycles. The number of amides is 1. The van der Waals surface area contributed by atoms with Gasteiger partial charge in [-0.2, -0.15) is 0 Å². The zero-order valence-electron chi connectivity index (χ0n) is 14.0. The Balaban J connectivity index is 1.42. The van der Waals surface area contributed by atoms with Gasteiger partial charge in [0.05, 0.1) is 19.6 Å². The van der Waals surface area contributed by atoms with Gasteiger partial charge >= 0.3 is 0 Å². The predicted molar refractivity (Wildman–Crippen MR) is 93.7 cm³/mol. The van der Waals surface area contributed by atoms with Crippen LogP contribution >= 0.6 is 0 Å². The summed E-state index contributed by atoms with van der Waals surface area (Å²) in [5, 5.41) is 0. The number of morpholine rings is 1. The molecule has 0 spiro atoms. The van der Waals surface area contributed by atoms with Crippen molar-refractivity contribution < 1.29 is 9.53 Å². The second kappa shape index (κ2) is 6.81. The third-order valence-electron chi connectivity index (χ3n) is 5.19. The molecular formula is C20H24N2O2.